The molecular weight excluding hydrogens is 412 g/mol. The Morgan fingerprint density at radius 3 is 2.53 bits per heavy atom. The molecule has 9 nitrogen and oxygen atoms in total. The van der Waals surface area contributed by atoms with Gasteiger partial charge in [-0.3, -0.25) is 18.7 Å². The van der Waals surface area contributed by atoms with Crippen molar-refractivity contribution in [3.05, 3.63) is 66.9 Å². The summed E-state index contributed by atoms with van der Waals surface area (Å²) in [5.41, 5.74) is 0.140. The Balaban J connectivity index is 2.11. The van der Waals surface area contributed by atoms with Gasteiger partial charge >= 0.3 is 11.7 Å². The maximum Gasteiger partial charge on any atom is 0.338 e. The molecule has 0 saturated carbocycles. The molecule has 10 heteroatoms. The van der Waals surface area contributed by atoms with Gasteiger partial charge in [0.1, 0.15) is 12.2 Å². The van der Waals surface area contributed by atoms with Gasteiger partial charge in [0.15, 0.2) is 0 Å². The first kappa shape index (κ1) is 21.3. The Morgan fingerprint density at radius 1 is 1.20 bits per heavy atom. The van der Waals surface area contributed by atoms with Crippen molar-refractivity contribution in [2.45, 2.75) is 20.4 Å². The highest BCUT2D eigenvalue weighted by atomic mass is 35.5. The van der Waals surface area contributed by atoms with Crippen molar-refractivity contribution in [3.63, 3.8) is 0 Å². The van der Waals surface area contributed by atoms with Gasteiger partial charge in [0.05, 0.1) is 28.8 Å². The number of pyridine rings is 1. The van der Waals surface area contributed by atoms with Gasteiger partial charge in [-0.2, -0.15) is 0 Å². The number of aromatic nitrogens is 3. The molecule has 2 heterocycles. The smallest absolute Gasteiger partial charge is 0.338 e. The zero-order chi connectivity index (χ0) is 22.2. The quantitative estimate of drug-likeness (QED) is 0.631. The van der Waals surface area contributed by atoms with E-state index in [9.17, 15) is 19.2 Å². The molecular formula is C20H19ClN4O5. The van der Waals surface area contributed by atoms with Crippen LogP contribution in [-0.4, -0.2) is 33.1 Å². The molecule has 30 heavy (non-hydrogen) atoms. The van der Waals surface area contributed by atoms with Crippen LogP contribution in [0.2, 0.25) is 5.02 Å². The van der Waals surface area contributed by atoms with Gasteiger partial charge in [0.25, 0.3) is 5.56 Å². The number of anilines is 1. The molecule has 0 aliphatic rings. The second kappa shape index (κ2) is 8.11. The van der Waals surface area contributed by atoms with Crippen molar-refractivity contribution in [2.75, 3.05) is 12.4 Å². The summed E-state index contributed by atoms with van der Waals surface area (Å²) in [7, 11) is 2.59. The fraction of sp³-hybridized carbons (Fsp3) is 0.250. The van der Waals surface area contributed by atoms with E-state index in [1.165, 1.54) is 20.2 Å². The molecule has 156 valence electrons. The van der Waals surface area contributed by atoms with E-state index in [1.54, 1.807) is 25.1 Å². The standard InChI is InChI=1S/C20H19ClN4O5/c1-10-5-6-14(13(21)7-10)23-15(26)9-25-18(27)16-12(19(28)30-4)8-11(2)22-17(16)24(3)20(25)29/h5-8H,9H2,1-4H3,(H,23,26). The van der Waals surface area contributed by atoms with Gasteiger partial charge in [-0.05, 0) is 37.6 Å². The van der Waals surface area contributed by atoms with E-state index in [0.29, 0.717) is 16.4 Å². The predicted molar refractivity (Wildman–Crippen MR) is 112 cm³/mol. The Kier molecular flexibility index (Phi) is 5.75. The lowest BCUT2D eigenvalue weighted by molar-refractivity contribution is -0.116. The second-order valence-corrected chi connectivity index (χ2v) is 7.17. The highest BCUT2D eigenvalue weighted by Gasteiger charge is 2.22. The lowest BCUT2D eigenvalue weighted by atomic mass is 10.1. The summed E-state index contributed by atoms with van der Waals surface area (Å²) < 4.78 is 6.60. The number of halogens is 1. The van der Waals surface area contributed by atoms with Gasteiger partial charge in [-0.15, -0.1) is 0 Å². The molecule has 0 aliphatic heterocycles. The van der Waals surface area contributed by atoms with Crippen molar-refractivity contribution < 1.29 is 14.3 Å². The second-order valence-electron chi connectivity index (χ2n) is 6.77. The van der Waals surface area contributed by atoms with Gasteiger partial charge in [-0.25, -0.2) is 14.6 Å². The molecule has 0 aliphatic carbocycles. The Labute approximate surface area is 175 Å². The highest BCUT2D eigenvalue weighted by Crippen LogP contribution is 2.22. The molecule has 0 spiro atoms. The first-order valence-electron chi connectivity index (χ1n) is 8.89. The van der Waals surface area contributed by atoms with Crippen molar-refractivity contribution in [1.29, 1.82) is 0 Å². The van der Waals surface area contributed by atoms with Crippen LogP contribution in [0.4, 0.5) is 5.69 Å². The maximum absolute atomic E-state index is 13.0. The van der Waals surface area contributed by atoms with Crippen LogP contribution in [0.3, 0.4) is 0 Å². The number of carbonyl (C=O) groups is 2. The van der Waals surface area contributed by atoms with E-state index < -0.39 is 29.7 Å². The predicted octanol–water partition coefficient (Wildman–Crippen LogP) is 1.79. The minimum Gasteiger partial charge on any atom is -0.465 e. The number of rotatable bonds is 4. The molecule has 1 amide bonds. The normalized spacial score (nSPS) is 10.8. The van der Waals surface area contributed by atoms with Crippen LogP contribution in [0, 0.1) is 13.8 Å². The Morgan fingerprint density at radius 2 is 1.90 bits per heavy atom. The van der Waals surface area contributed by atoms with E-state index in [1.807, 2.05) is 6.92 Å². The summed E-state index contributed by atoms with van der Waals surface area (Å²) in [4.78, 5) is 54.7. The number of nitrogens with zero attached hydrogens (tertiary/aromatic N) is 3. The minimum atomic E-state index is -0.814. The van der Waals surface area contributed by atoms with Gasteiger partial charge in [-0.1, -0.05) is 17.7 Å². The van der Waals surface area contributed by atoms with Crippen LogP contribution in [0.15, 0.2) is 33.9 Å². The fourth-order valence-corrected chi connectivity index (χ4v) is 3.35. The van der Waals surface area contributed by atoms with Crippen LogP contribution in [0.25, 0.3) is 11.0 Å². The lowest BCUT2D eigenvalue weighted by Gasteiger charge is -2.13. The van der Waals surface area contributed by atoms with Crippen LogP contribution in [0.5, 0.6) is 0 Å². The number of ether oxygens (including phenoxy) is 1. The van der Waals surface area contributed by atoms with Crippen molar-refractivity contribution in [2.24, 2.45) is 7.05 Å². The number of benzene rings is 1. The summed E-state index contributed by atoms with van der Waals surface area (Å²) in [6.45, 7) is 2.91. The van der Waals surface area contributed by atoms with Crippen molar-refractivity contribution in [1.82, 2.24) is 14.1 Å². The van der Waals surface area contributed by atoms with Gasteiger partial charge in [0, 0.05) is 12.7 Å². The largest absolute Gasteiger partial charge is 0.465 e. The van der Waals surface area contributed by atoms with Crippen molar-refractivity contribution in [3.8, 4) is 0 Å². The number of amides is 1. The number of methoxy groups -OCH3 is 1. The molecule has 0 unspecified atom stereocenters. The van der Waals surface area contributed by atoms with E-state index in [4.69, 9.17) is 16.3 Å². The number of fused-ring (bicyclic) bond motifs is 1. The topological polar surface area (TPSA) is 112 Å². The minimum absolute atomic E-state index is 0.0311. The average Bonchev–Trinajstić information content (AvgIpc) is 2.70. The first-order valence-corrected chi connectivity index (χ1v) is 9.27. The summed E-state index contributed by atoms with van der Waals surface area (Å²) in [5, 5.41) is 2.81. The monoisotopic (exact) mass is 430 g/mol. The average molecular weight is 431 g/mol. The SMILES string of the molecule is COC(=O)c1cc(C)nc2c1c(=O)n(CC(=O)Nc1ccc(C)cc1Cl)c(=O)n2C. The summed E-state index contributed by atoms with van der Waals surface area (Å²) in [6, 6.07) is 6.46. The third kappa shape index (κ3) is 3.84. The Bertz CT molecular complexity index is 1310. The zero-order valence-electron chi connectivity index (χ0n) is 16.8. The fourth-order valence-electron chi connectivity index (χ4n) is 3.07. The van der Waals surface area contributed by atoms with Crippen LogP contribution in [-0.2, 0) is 23.1 Å². The molecule has 0 radical (unpaired) electrons. The molecule has 2 aromatic heterocycles. The van der Waals surface area contributed by atoms with Crippen LogP contribution >= 0.6 is 11.6 Å². The van der Waals surface area contributed by atoms with Crippen molar-refractivity contribution >= 4 is 40.2 Å². The molecule has 1 aromatic carbocycles. The molecule has 3 aromatic rings. The number of hydrogen-bond acceptors (Lipinski definition) is 6. The van der Waals surface area contributed by atoms with Crippen LogP contribution in [0.1, 0.15) is 21.6 Å². The van der Waals surface area contributed by atoms with Gasteiger partial charge < -0.3 is 10.1 Å². The summed E-state index contributed by atoms with van der Waals surface area (Å²) in [5.74, 6) is -1.37. The third-order valence-electron chi connectivity index (χ3n) is 4.53. The van der Waals surface area contributed by atoms with E-state index in [-0.39, 0.29) is 16.6 Å². The number of carbonyl (C=O) groups excluding carboxylic acids is 2. The van der Waals surface area contributed by atoms with E-state index in [0.717, 1.165) is 14.7 Å². The molecule has 0 fully saturated rings. The highest BCUT2D eigenvalue weighted by molar-refractivity contribution is 6.33. The Hall–Kier alpha value is -3.46. The first-order chi connectivity index (χ1) is 14.1. The lowest BCUT2D eigenvalue weighted by Crippen LogP contribution is -2.42. The number of hydrogen-bond donors (Lipinski definition) is 1. The van der Waals surface area contributed by atoms with Gasteiger partial charge in [0.2, 0.25) is 5.91 Å². The van der Waals surface area contributed by atoms with Crippen LogP contribution < -0.4 is 16.6 Å². The third-order valence-corrected chi connectivity index (χ3v) is 4.84. The molecule has 0 saturated heterocycles. The van der Waals surface area contributed by atoms with E-state index in [2.05, 4.69) is 10.3 Å². The molecule has 0 atom stereocenters. The molecule has 1 N–H and O–H groups in total. The number of nitrogens with one attached hydrogen (secondary N) is 1. The van der Waals surface area contributed by atoms with E-state index >= 15 is 0 Å². The maximum atomic E-state index is 13.0. The molecule has 0 bridgehead atoms. The zero-order valence-corrected chi connectivity index (χ0v) is 17.5. The summed E-state index contributed by atoms with van der Waals surface area (Å²) >= 11 is 6.12. The summed E-state index contributed by atoms with van der Waals surface area (Å²) in [6.07, 6.45) is 0. The molecule has 3 rings (SSSR count). The number of esters is 1. The number of aryl methyl sites for hydroxylation is 3.